The molecule has 4 heteroatoms. The maximum Gasteiger partial charge on any atom is 0.123 e. The van der Waals surface area contributed by atoms with Crippen LogP contribution >= 0.6 is 11.6 Å². The molecule has 0 unspecified atom stereocenters. The summed E-state index contributed by atoms with van der Waals surface area (Å²) < 4.78 is 6.16. The second kappa shape index (κ2) is 8.99. The fraction of sp³-hybridized carbons (Fsp3) is 0.478. The molecule has 0 spiro atoms. The Labute approximate surface area is 168 Å². The maximum absolute atomic E-state index is 6.18. The lowest BCUT2D eigenvalue weighted by molar-refractivity contribution is 0.199. The molecule has 1 saturated heterocycles. The number of hydrogen-bond acceptors (Lipinski definition) is 3. The largest absolute Gasteiger partial charge is 0.492 e. The number of anilines is 1. The second-order valence-corrected chi connectivity index (χ2v) is 8.24. The molecule has 146 valence electrons. The van der Waals surface area contributed by atoms with Crippen LogP contribution in [0.3, 0.4) is 0 Å². The van der Waals surface area contributed by atoms with Gasteiger partial charge in [-0.1, -0.05) is 43.6 Å². The Morgan fingerprint density at radius 2 is 1.74 bits per heavy atom. The third-order valence-corrected chi connectivity index (χ3v) is 5.58. The third-order valence-electron chi connectivity index (χ3n) is 5.34. The Bertz CT molecular complexity index is 767. The number of hydrogen-bond donors (Lipinski definition) is 0. The molecule has 1 aliphatic heterocycles. The van der Waals surface area contributed by atoms with Gasteiger partial charge in [0.1, 0.15) is 12.4 Å². The zero-order valence-corrected chi connectivity index (χ0v) is 17.7. The molecule has 0 radical (unpaired) electrons. The van der Waals surface area contributed by atoms with Crippen molar-refractivity contribution >= 4 is 17.3 Å². The zero-order chi connectivity index (χ0) is 19.4. The molecule has 0 bridgehead atoms. The lowest BCUT2D eigenvalue weighted by atomic mass is 10.0. The highest BCUT2D eigenvalue weighted by Gasteiger charge is 2.19. The van der Waals surface area contributed by atoms with Gasteiger partial charge < -0.3 is 9.64 Å². The summed E-state index contributed by atoms with van der Waals surface area (Å²) in [4.78, 5) is 4.93. The van der Waals surface area contributed by atoms with Crippen LogP contribution < -0.4 is 9.64 Å². The number of aryl methyl sites for hydroxylation is 2. The van der Waals surface area contributed by atoms with Crippen LogP contribution in [0.1, 0.15) is 36.5 Å². The second-order valence-electron chi connectivity index (χ2n) is 7.80. The lowest BCUT2D eigenvalue weighted by Crippen LogP contribution is -2.47. The minimum Gasteiger partial charge on any atom is -0.492 e. The predicted octanol–water partition coefficient (Wildman–Crippen LogP) is 5.28. The Balaban J connectivity index is 1.51. The van der Waals surface area contributed by atoms with Crippen LogP contribution in [-0.4, -0.2) is 44.2 Å². The molecule has 0 aromatic heterocycles. The van der Waals surface area contributed by atoms with E-state index in [0.717, 1.165) is 50.1 Å². The highest BCUT2D eigenvalue weighted by molar-refractivity contribution is 6.30. The van der Waals surface area contributed by atoms with Crippen molar-refractivity contribution in [3.63, 3.8) is 0 Å². The predicted molar refractivity (Wildman–Crippen MR) is 116 cm³/mol. The molecule has 0 amide bonds. The topological polar surface area (TPSA) is 15.7 Å². The van der Waals surface area contributed by atoms with E-state index in [1.807, 2.05) is 6.07 Å². The van der Waals surface area contributed by atoms with E-state index >= 15 is 0 Å². The molecule has 1 heterocycles. The summed E-state index contributed by atoms with van der Waals surface area (Å²) in [6.07, 6.45) is 0. The van der Waals surface area contributed by atoms with Gasteiger partial charge in [0.05, 0.1) is 0 Å². The van der Waals surface area contributed by atoms with Crippen LogP contribution in [0.5, 0.6) is 5.75 Å². The van der Waals surface area contributed by atoms with Crippen molar-refractivity contribution < 1.29 is 4.74 Å². The van der Waals surface area contributed by atoms with Crippen molar-refractivity contribution in [1.29, 1.82) is 0 Å². The first-order valence-corrected chi connectivity index (χ1v) is 10.3. The van der Waals surface area contributed by atoms with Crippen LogP contribution in [0.15, 0.2) is 36.4 Å². The first-order valence-electron chi connectivity index (χ1n) is 9.91. The van der Waals surface area contributed by atoms with Crippen LogP contribution in [-0.2, 0) is 0 Å². The molecule has 2 aromatic rings. The summed E-state index contributed by atoms with van der Waals surface area (Å²) in [7, 11) is 0. The number of nitrogens with zero attached hydrogens (tertiary/aromatic N) is 2. The van der Waals surface area contributed by atoms with Gasteiger partial charge in [0.2, 0.25) is 0 Å². The van der Waals surface area contributed by atoms with E-state index in [1.54, 1.807) is 0 Å². The van der Waals surface area contributed by atoms with Gasteiger partial charge in [-0.2, -0.15) is 0 Å². The quantitative estimate of drug-likeness (QED) is 0.671. The molecular formula is C23H31ClN2O. The van der Waals surface area contributed by atoms with Gasteiger partial charge >= 0.3 is 0 Å². The average molecular weight is 387 g/mol. The Kier molecular flexibility index (Phi) is 6.67. The molecule has 0 aliphatic carbocycles. The molecule has 3 nitrogen and oxygen atoms in total. The van der Waals surface area contributed by atoms with Crippen LogP contribution in [0.25, 0.3) is 0 Å². The minimum absolute atomic E-state index is 0.477. The molecule has 1 aliphatic rings. The highest BCUT2D eigenvalue weighted by atomic mass is 35.5. The first-order chi connectivity index (χ1) is 12.9. The van der Waals surface area contributed by atoms with Crippen molar-refractivity contribution in [2.45, 2.75) is 33.6 Å². The van der Waals surface area contributed by atoms with Gasteiger partial charge in [-0.05, 0) is 54.7 Å². The maximum atomic E-state index is 6.18. The monoisotopic (exact) mass is 386 g/mol. The molecule has 0 atom stereocenters. The standard InChI is InChI=1S/C23H31ClN2O/c1-17(2)21-8-5-18(3)15-23(21)27-14-13-25-9-11-26(12-10-25)22-16-20(24)7-6-19(22)4/h5-8,15-17H,9-14H2,1-4H3. The minimum atomic E-state index is 0.477. The Hall–Kier alpha value is -1.71. The Morgan fingerprint density at radius 3 is 2.44 bits per heavy atom. The van der Waals surface area contributed by atoms with Crippen LogP contribution in [0.4, 0.5) is 5.69 Å². The van der Waals surface area contributed by atoms with Crippen LogP contribution in [0.2, 0.25) is 5.02 Å². The van der Waals surface area contributed by atoms with Gasteiger partial charge in [0, 0.05) is 43.4 Å². The molecule has 1 fully saturated rings. The normalized spacial score (nSPS) is 15.4. The number of halogens is 1. The molecule has 27 heavy (non-hydrogen) atoms. The van der Waals surface area contributed by atoms with E-state index in [4.69, 9.17) is 16.3 Å². The van der Waals surface area contributed by atoms with E-state index < -0.39 is 0 Å². The first kappa shape index (κ1) is 20.0. The van der Waals surface area contributed by atoms with Crippen molar-refractivity contribution in [2.24, 2.45) is 0 Å². The molecule has 0 N–H and O–H groups in total. The number of ether oxygens (including phenoxy) is 1. The third kappa shape index (κ3) is 5.18. The van der Waals surface area contributed by atoms with Gasteiger partial charge in [-0.25, -0.2) is 0 Å². The van der Waals surface area contributed by atoms with Gasteiger partial charge in [0.15, 0.2) is 0 Å². The van der Waals surface area contributed by atoms with Crippen molar-refractivity contribution in [1.82, 2.24) is 4.90 Å². The highest BCUT2D eigenvalue weighted by Crippen LogP contribution is 2.28. The fourth-order valence-electron chi connectivity index (χ4n) is 3.66. The van der Waals surface area contributed by atoms with E-state index in [-0.39, 0.29) is 0 Å². The van der Waals surface area contributed by atoms with E-state index in [0.29, 0.717) is 5.92 Å². The summed E-state index contributed by atoms with van der Waals surface area (Å²) in [6, 6.07) is 12.7. The van der Waals surface area contributed by atoms with E-state index in [9.17, 15) is 0 Å². The fourth-order valence-corrected chi connectivity index (χ4v) is 3.83. The molecule has 0 saturated carbocycles. The lowest BCUT2D eigenvalue weighted by Gasteiger charge is -2.36. The number of rotatable bonds is 6. The molecule has 3 rings (SSSR count). The van der Waals surface area contributed by atoms with Crippen molar-refractivity contribution in [2.75, 3.05) is 44.2 Å². The van der Waals surface area contributed by atoms with Gasteiger partial charge in [-0.3, -0.25) is 4.90 Å². The number of benzene rings is 2. The zero-order valence-electron chi connectivity index (χ0n) is 17.0. The summed E-state index contributed by atoms with van der Waals surface area (Å²) >= 11 is 6.18. The van der Waals surface area contributed by atoms with Crippen LogP contribution in [0, 0.1) is 13.8 Å². The van der Waals surface area contributed by atoms with E-state index in [2.05, 4.69) is 67.8 Å². The summed E-state index contributed by atoms with van der Waals surface area (Å²) in [6.45, 7) is 14.6. The van der Waals surface area contributed by atoms with E-state index in [1.165, 1.54) is 22.4 Å². The van der Waals surface area contributed by atoms with Crippen molar-refractivity contribution in [3.05, 3.63) is 58.1 Å². The number of piperazine rings is 1. The van der Waals surface area contributed by atoms with Gasteiger partial charge in [0.25, 0.3) is 0 Å². The average Bonchev–Trinajstić information content (AvgIpc) is 2.64. The summed E-state index contributed by atoms with van der Waals surface area (Å²) in [5, 5.41) is 0.811. The Morgan fingerprint density at radius 1 is 1.00 bits per heavy atom. The van der Waals surface area contributed by atoms with Gasteiger partial charge in [-0.15, -0.1) is 0 Å². The molecule has 2 aromatic carbocycles. The SMILES string of the molecule is Cc1ccc(C(C)C)c(OCCN2CCN(c3cc(Cl)ccc3C)CC2)c1. The van der Waals surface area contributed by atoms with Crippen molar-refractivity contribution in [3.8, 4) is 5.75 Å². The summed E-state index contributed by atoms with van der Waals surface area (Å²) in [5.41, 5.74) is 5.10. The smallest absolute Gasteiger partial charge is 0.123 e. The molecular weight excluding hydrogens is 356 g/mol. The summed E-state index contributed by atoms with van der Waals surface area (Å²) in [5.74, 6) is 1.52.